The average Bonchev–Trinajstić information content (AvgIpc) is 2.15. The van der Waals surface area contributed by atoms with Gasteiger partial charge in [0.2, 0.25) is 0 Å². The van der Waals surface area contributed by atoms with Crippen LogP contribution in [0.1, 0.15) is 47.0 Å². The van der Waals surface area contributed by atoms with Crippen LogP contribution in [0.5, 0.6) is 0 Å². The molecule has 2 nitrogen and oxygen atoms in total. The fourth-order valence-corrected chi connectivity index (χ4v) is 1.26. The van der Waals surface area contributed by atoms with Gasteiger partial charge >= 0.3 is 5.97 Å². The summed E-state index contributed by atoms with van der Waals surface area (Å²) in [5.41, 5.74) is 3.43. The quantitative estimate of drug-likeness (QED) is 0.489. The lowest BCUT2D eigenvalue weighted by molar-refractivity contribution is -0.141. The minimum Gasteiger partial charge on any atom is -0.461 e. The van der Waals surface area contributed by atoms with Gasteiger partial charge in [0.25, 0.3) is 0 Å². The minimum atomic E-state index is -0.203. The predicted molar refractivity (Wildman–Crippen MR) is 72.8 cm³/mol. The molecule has 0 bridgehead atoms. The van der Waals surface area contributed by atoms with Gasteiger partial charge in [-0.2, -0.15) is 0 Å². The highest BCUT2D eigenvalue weighted by Crippen LogP contribution is 2.06. The van der Waals surface area contributed by atoms with E-state index < -0.39 is 0 Å². The van der Waals surface area contributed by atoms with E-state index in [1.165, 1.54) is 11.1 Å². The van der Waals surface area contributed by atoms with Crippen molar-refractivity contribution < 1.29 is 9.53 Å². The number of carbonyl (C=O) groups excluding carboxylic acids is 1. The Labute approximate surface area is 105 Å². The normalized spacial score (nSPS) is 10.9. The van der Waals surface area contributed by atoms with Crippen LogP contribution in [0.15, 0.2) is 35.5 Å². The van der Waals surface area contributed by atoms with E-state index in [9.17, 15) is 4.79 Å². The number of hydrogen-bond donors (Lipinski definition) is 0. The molecule has 0 amide bonds. The fourth-order valence-electron chi connectivity index (χ4n) is 1.26. The lowest BCUT2D eigenvalue weighted by Gasteiger charge is -2.03. The first kappa shape index (κ1) is 15.7. The van der Waals surface area contributed by atoms with Crippen LogP contribution in [0, 0.1) is 0 Å². The van der Waals surface area contributed by atoms with Gasteiger partial charge in [-0.1, -0.05) is 29.4 Å². The maximum atomic E-state index is 11.2. The first-order valence-corrected chi connectivity index (χ1v) is 6.00. The highest BCUT2D eigenvalue weighted by Gasteiger charge is 2.00. The summed E-state index contributed by atoms with van der Waals surface area (Å²) in [6, 6.07) is 0. The van der Waals surface area contributed by atoms with Crippen LogP contribution in [0.3, 0.4) is 0 Å². The van der Waals surface area contributed by atoms with E-state index in [0.717, 1.165) is 18.4 Å². The van der Waals surface area contributed by atoms with E-state index in [-0.39, 0.29) is 5.97 Å². The van der Waals surface area contributed by atoms with Gasteiger partial charge in [-0.3, -0.25) is 4.79 Å². The molecule has 0 aromatic rings. The molecule has 0 atom stereocenters. The Morgan fingerprint density at radius 1 is 1.18 bits per heavy atom. The van der Waals surface area contributed by atoms with Crippen molar-refractivity contribution >= 4 is 5.97 Å². The van der Waals surface area contributed by atoms with Crippen molar-refractivity contribution in [3.05, 3.63) is 35.5 Å². The van der Waals surface area contributed by atoms with Crippen molar-refractivity contribution in [2.24, 2.45) is 0 Å². The Kier molecular flexibility index (Phi) is 8.12. The van der Waals surface area contributed by atoms with E-state index in [4.69, 9.17) is 4.74 Å². The second-order valence-electron chi connectivity index (χ2n) is 4.69. The minimum absolute atomic E-state index is 0.203. The summed E-state index contributed by atoms with van der Waals surface area (Å²) in [4.78, 5) is 11.2. The summed E-state index contributed by atoms with van der Waals surface area (Å²) in [5, 5.41) is 0. The van der Waals surface area contributed by atoms with Crippen molar-refractivity contribution in [2.75, 3.05) is 6.61 Å². The number of ether oxygens (including phenoxy) is 1. The Morgan fingerprint density at radius 2 is 1.82 bits per heavy atom. The molecule has 0 saturated heterocycles. The molecular weight excluding hydrogens is 212 g/mol. The molecule has 0 aromatic heterocycles. The molecule has 96 valence electrons. The van der Waals surface area contributed by atoms with Crippen LogP contribution in [0.4, 0.5) is 0 Å². The molecule has 0 rings (SSSR count). The zero-order chi connectivity index (χ0) is 13.3. The third-order valence-corrected chi connectivity index (χ3v) is 2.21. The maximum Gasteiger partial charge on any atom is 0.310 e. The first-order valence-electron chi connectivity index (χ1n) is 6.00. The fraction of sp³-hybridized carbons (Fsp3) is 0.533. The van der Waals surface area contributed by atoms with Gasteiger partial charge in [0.05, 0.1) is 6.42 Å². The molecule has 0 aliphatic rings. The molecule has 0 aliphatic carbocycles. The summed E-state index contributed by atoms with van der Waals surface area (Å²) in [7, 11) is 0. The van der Waals surface area contributed by atoms with Crippen molar-refractivity contribution in [2.45, 2.75) is 47.0 Å². The predicted octanol–water partition coefficient (Wildman–Crippen LogP) is 4.19. The summed E-state index contributed by atoms with van der Waals surface area (Å²) in [6.45, 7) is 12.1. The van der Waals surface area contributed by atoms with Gasteiger partial charge in [-0.15, -0.1) is 0 Å². The van der Waals surface area contributed by atoms with Crippen LogP contribution < -0.4 is 0 Å². The highest BCUT2D eigenvalue weighted by atomic mass is 16.5. The monoisotopic (exact) mass is 236 g/mol. The SMILES string of the molecule is C=C(C)CC(=O)OCC=C(C)CCC=C(C)C. The summed E-state index contributed by atoms with van der Waals surface area (Å²) in [5.74, 6) is -0.203. The molecule has 0 aromatic carbocycles. The molecule has 0 fully saturated rings. The average molecular weight is 236 g/mol. The van der Waals surface area contributed by atoms with Gasteiger partial charge < -0.3 is 4.74 Å². The molecule has 2 heteroatoms. The summed E-state index contributed by atoms with van der Waals surface area (Å²) < 4.78 is 5.06. The lowest BCUT2D eigenvalue weighted by Crippen LogP contribution is -2.04. The second-order valence-corrected chi connectivity index (χ2v) is 4.69. The number of hydrogen-bond acceptors (Lipinski definition) is 2. The van der Waals surface area contributed by atoms with Gasteiger partial charge in [0.1, 0.15) is 6.61 Å². The van der Waals surface area contributed by atoms with Crippen molar-refractivity contribution in [3.8, 4) is 0 Å². The summed E-state index contributed by atoms with van der Waals surface area (Å²) >= 11 is 0. The Balaban J connectivity index is 3.80. The third-order valence-electron chi connectivity index (χ3n) is 2.21. The summed E-state index contributed by atoms with van der Waals surface area (Å²) in [6.07, 6.45) is 6.55. The third kappa shape index (κ3) is 11.0. The van der Waals surface area contributed by atoms with Crippen LogP contribution in [-0.4, -0.2) is 12.6 Å². The van der Waals surface area contributed by atoms with Crippen LogP contribution >= 0.6 is 0 Å². The molecule has 0 aliphatic heterocycles. The molecular formula is C15H24O2. The van der Waals surface area contributed by atoms with Gasteiger partial charge in [-0.25, -0.2) is 0 Å². The molecule has 0 saturated carbocycles. The zero-order valence-electron chi connectivity index (χ0n) is 11.5. The van der Waals surface area contributed by atoms with Crippen molar-refractivity contribution in [1.29, 1.82) is 0 Å². The molecule has 0 heterocycles. The standard InChI is InChI=1S/C15H24O2/c1-12(2)7-6-8-14(5)9-10-17-15(16)11-13(3)4/h7,9H,3,6,8,10-11H2,1-2,4-5H3. The molecule has 0 unspecified atom stereocenters. The van der Waals surface area contributed by atoms with Crippen molar-refractivity contribution in [1.82, 2.24) is 0 Å². The topological polar surface area (TPSA) is 26.3 Å². The number of rotatable bonds is 7. The van der Waals surface area contributed by atoms with E-state index in [2.05, 4.69) is 33.4 Å². The number of esters is 1. The maximum absolute atomic E-state index is 11.2. The van der Waals surface area contributed by atoms with Crippen LogP contribution in [0.2, 0.25) is 0 Å². The Morgan fingerprint density at radius 3 is 2.35 bits per heavy atom. The first-order chi connectivity index (χ1) is 7.91. The van der Waals surface area contributed by atoms with Crippen molar-refractivity contribution in [3.63, 3.8) is 0 Å². The molecule has 17 heavy (non-hydrogen) atoms. The number of allylic oxidation sites excluding steroid dienone is 3. The molecule has 0 radical (unpaired) electrons. The van der Waals surface area contributed by atoms with E-state index in [1.807, 2.05) is 13.0 Å². The van der Waals surface area contributed by atoms with E-state index in [0.29, 0.717) is 13.0 Å². The van der Waals surface area contributed by atoms with Gasteiger partial charge in [-0.05, 0) is 46.6 Å². The van der Waals surface area contributed by atoms with Gasteiger partial charge in [0.15, 0.2) is 0 Å². The zero-order valence-corrected chi connectivity index (χ0v) is 11.5. The Bertz CT molecular complexity index is 318. The smallest absolute Gasteiger partial charge is 0.310 e. The van der Waals surface area contributed by atoms with Gasteiger partial charge in [0, 0.05) is 0 Å². The lowest BCUT2D eigenvalue weighted by atomic mass is 10.1. The molecule has 0 spiro atoms. The van der Waals surface area contributed by atoms with Crippen LogP contribution in [0.25, 0.3) is 0 Å². The number of carbonyl (C=O) groups is 1. The molecule has 0 N–H and O–H groups in total. The van der Waals surface area contributed by atoms with Crippen LogP contribution in [-0.2, 0) is 9.53 Å². The van der Waals surface area contributed by atoms with E-state index in [1.54, 1.807) is 0 Å². The second kappa shape index (κ2) is 8.80. The largest absolute Gasteiger partial charge is 0.461 e. The highest BCUT2D eigenvalue weighted by molar-refractivity contribution is 5.72. The van der Waals surface area contributed by atoms with E-state index >= 15 is 0 Å². The Hall–Kier alpha value is -1.31.